The van der Waals surface area contributed by atoms with Crippen LogP contribution in [0, 0.1) is 5.92 Å². The van der Waals surface area contributed by atoms with Gasteiger partial charge in [-0.25, -0.2) is 0 Å². The Hall–Kier alpha value is -0.570. The van der Waals surface area contributed by atoms with E-state index in [4.69, 9.17) is 0 Å². The Labute approximate surface area is 86.1 Å². The normalized spacial score (nSPS) is 17.3. The molecule has 82 valence electrons. The number of nitrogens with zero attached hydrogens (tertiary/aromatic N) is 1. The molecule has 0 aromatic carbocycles. The van der Waals surface area contributed by atoms with Gasteiger partial charge in [0.2, 0.25) is 0 Å². The lowest BCUT2D eigenvalue weighted by Crippen LogP contribution is -2.49. The third-order valence-corrected chi connectivity index (χ3v) is 2.56. The van der Waals surface area contributed by atoms with Gasteiger partial charge in [-0.1, -0.05) is 0 Å². The van der Waals surface area contributed by atoms with Gasteiger partial charge in [-0.3, -0.25) is 4.79 Å². The van der Waals surface area contributed by atoms with E-state index < -0.39 is 5.60 Å². The first-order valence-corrected chi connectivity index (χ1v) is 5.36. The Balaban J connectivity index is 2.61. The lowest BCUT2D eigenvalue weighted by atomic mass is 10.1. The molecule has 0 atom stereocenters. The number of carbonyl (C=O) groups is 1. The van der Waals surface area contributed by atoms with Crippen LogP contribution in [0.1, 0.15) is 40.5 Å². The zero-order valence-corrected chi connectivity index (χ0v) is 9.58. The highest BCUT2D eigenvalue weighted by Crippen LogP contribution is 2.31. The number of hydrogen-bond donors (Lipinski definition) is 1. The Morgan fingerprint density at radius 3 is 2.29 bits per heavy atom. The third kappa shape index (κ3) is 2.98. The zero-order chi connectivity index (χ0) is 10.9. The van der Waals surface area contributed by atoms with Gasteiger partial charge in [-0.05, 0) is 46.5 Å². The average molecular weight is 199 g/mol. The second kappa shape index (κ2) is 3.89. The van der Waals surface area contributed by atoms with Crippen molar-refractivity contribution in [1.82, 2.24) is 4.90 Å². The highest BCUT2D eigenvalue weighted by Gasteiger charge is 2.34. The van der Waals surface area contributed by atoms with Crippen LogP contribution >= 0.6 is 0 Å². The summed E-state index contributed by atoms with van der Waals surface area (Å²) in [5.74, 6) is 0.517. The number of aliphatic hydroxyl groups is 1. The molecular formula is C11H21NO2. The van der Waals surface area contributed by atoms with Gasteiger partial charge in [0.1, 0.15) is 5.60 Å². The molecule has 0 spiro atoms. The maximum absolute atomic E-state index is 11.8. The maximum atomic E-state index is 11.8. The molecule has 1 aliphatic carbocycles. The van der Waals surface area contributed by atoms with Crippen LogP contribution in [-0.4, -0.2) is 34.1 Å². The molecule has 0 heterocycles. The third-order valence-electron chi connectivity index (χ3n) is 2.56. The van der Waals surface area contributed by atoms with Crippen molar-refractivity contribution >= 4 is 5.91 Å². The monoisotopic (exact) mass is 199 g/mol. The summed E-state index contributed by atoms with van der Waals surface area (Å²) in [5, 5.41) is 9.65. The predicted molar refractivity (Wildman–Crippen MR) is 55.9 cm³/mol. The summed E-state index contributed by atoms with van der Waals surface area (Å²) in [6, 6.07) is 0.175. The van der Waals surface area contributed by atoms with E-state index in [9.17, 15) is 9.90 Å². The van der Waals surface area contributed by atoms with Gasteiger partial charge >= 0.3 is 0 Å². The minimum Gasteiger partial charge on any atom is -0.381 e. The molecule has 1 fully saturated rings. The molecule has 3 heteroatoms. The van der Waals surface area contributed by atoms with Crippen molar-refractivity contribution in [2.24, 2.45) is 5.92 Å². The summed E-state index contributed by atoms with van der Waals surface area (Å²) in [6.07, 6.45) is 2.45. The van der Waals surface area contributed by atoms with Crippen LogP contribution in [-0.2, 0) is 4.79 Å². The topological polar surface area (TPSA) is 40.5 Å². The molecule has 3 nitrogen and oxygen atoms in total. The van der Waals surface area contributed by atoms with Crippen LogP contribution in [0.15, 0.2) is 0 Å². The second-order valence-corrected chi connectivity index (χ2v) is 5.05. The van der Waals surface area contributed by atoms with Gasteiger partial charge in [0, 0.05) is 12.6 Å². The molecule has 1 aliphatic rings. The minimum atomic E-state index is -1.24. The first kappa shape index (κ1) is 11.5. The van der Waals surface area contributed by atoms with Gasteiger partial charge in [0.15, 0.2) is 0 Å². The molecule has 0 bridgehead atoms. The van der Waals surface area contributed by atoms with E-state index in [1.807, 2.05) is 13.8 Å². The van der Waals surface area contributed by atoms with E-state index in [2.05, 4.69) is 0 Å². The van der Waals surface area contributed by atoms with Crippen LogP contribution in [0.25, 0.3) is 0 Å². The summed E-state index contributed by atoms with van der Waals surface area (Å²) in [5.41, 5.74) is -1.24. The number of hydrogen-bond acceptors (Lipinski definition) is 2. The number of carbonyl (C=O) groups excluding carboxylic acids is 1. The molecule has 1 rings (SSSR count). The van der Waals surface area contributed by atoms with Crippen LogP contribution in [0.2, 0.25) is 0 Å². The summed E-state index contributed by atoms with van der Waals surface area (Å²) in [7, 11) is 0. The maximum Gasteiger partial charge on any atom is 0.254 e. The quantitative estimate of drug-likeness (QED) is 0.743. The van der Waals surface area contributed by atoms with Gasteiger partial charge < -0.3 is 10.0 Å². The first-order valence-electron chi connectivity index (χ1n) is 5.36. The summed E-state index contributed by atoms with van der Waals surface area (Å²) in [6.45, 7) is 7.90. The molecule has 1 amide bonds. The van der Waals surface area contributed by atoms with E-state index in [-0.39, 0.29) is 11.9 Å². The lowest BCUT2D eigenvalue weighted by molar-refractivity contribution is -0.150. The van der Waals surface area contributed by atoms with Crippen LogP contribution in [0.5, 0.6) is 0 Å². The number of amides is 1. The van der Waals surface area contributed by atoms with Gasteiger partial charge in [-0.2, -0.15) is 0 Å². The smallest absolute Gasteiger partial charge is 0.254 e. The molecule has 0 aromatic rings. The van der Waals surface area contributed by atoms with Gasteiger partial charge in [0.25, 0.3) is 5.91 Å². The molecule has 0 saturated heterocycles. The average Bonchev–Trinajstić information content (AvgIpc) is 2.79. The van der Waals surface area contributed by atoms with Crippen LogP contribution < -0.4 is 0 Å². The Morgan fingerprint density at radius 1 is 1.50 bits per heavy atom. The van der Waals surface area contributed by atoms with Crippen LogP contribution in [0.4, 0.5) is 0 Å². The fraction of sp³-hybridized carbons (Fsp3) is 0.909. The highest BCUT2D eigenvalue weighted by atomic mass is 16.3. The van der Waals surface area contributed by atoms with Gasteiger partial charge in [0.05, 0.1) is 0 Å². The molecule has 0 aromatic heterocycles. The highest BCUT2D eigenvalue weighted by molar-refractivity contribution is 5.84. The van der Waals surface area contributed by atoms with E-state index in [1.165, 1.54) is 12.8 Å². The van der Waals surface area contributed by atoms with Crippen molar-refractivity contribution in [3.05, 3.63) is 0 Å². The van der Waals surface area contributed by atoms with Crippen LogP contribution in [0.3, 0.4) is 0 Å². The fourth-order valence-electron chi connectivity index (χ4n) is 1.46. The fourth-order valence-corrected chi connectivity index (χ4v) is 1.46. The van der Waals surface area contributed by atoms with E-state index in [0.29, 0.717) is 5.92 Å². The zero-order valence-electron chi connectivity index (χ0n) is 9.58. The largest absolute Gasteiger partial charge is 0.381 e. The SMILES string of the molecule is CC(C)N(CC1CC1)C(=O)C(C)(C)O. The molecule has 0 radical (unpaired) electrons. The Kier molecular flexibility index (Phi) is 3.20. The molecule has 1 saturated carbocycles. The van der Waals surface area contributed by atoms with Crippen molar-refractivity contribution in [3.63, 3.8) is 0 Å². The summed E-state index contributed by atoms with van der Waals surface area (Å²) < 4.78 is 0. The molecular weight excluding hydrogens is 178 g/mol. The summed E-state index contributed by atoms with van der Waals surface area (Å²) >= 11 is 0. The standard InChI is InChI=1S/C11H21NO2/c1-8(2)12(7-9-5-6-9)10(13)11(3,4)14/h8-9,14H,5-7H2,1-4H3. The Bertz CT molecular complexity index is 214. The van der Waals surface area contributed by atoms with Crippen molar-refractivity contribution in [3.8, 4) is 0 Å². The molecule has 0 aliphatic heterocycles. The first-order chi connectivity index (χ1) is 6.32. The van der Waals surface area contributed by atoms with Crippen molar-refractivity contribution in [2.45, 2.75) is 52.2 Å². The predicted octanol–water partition coefficient (Wildman–Crippen LogP) is 1.40. The van der Waals surface area contributed by atoms with E-state index in [1.54, 1.807) is 18.7 Å². The second-order valence-electron chi connectivity index (χ2n) is 5.05. The summed E-state index contributed by atoms with van der Waals surface area (Å²) in [4.78, 5) is 13.6. The van der Waals surface area contributed by atoms with Crippen molar-refractivity contribution < 1.29 is 9.90 Å². The molecule has 14 heavy (non-hydrogen) atoms. The molecule has 0 unspecified atom stereocenters. The minimum absolute atomic E-state index is 0.153. The van der Waals surface area contributed by atoms with Gasteiger partial charge in [-0.15, -0.1) is 0 Å². The van der Waals surface area contributed by atoms with Crippen molar-refractivity contribution in [2.75, 3.05) is 6.54 Å². The molecule has 1 N–H and O–H groups in total. The van der Waals surface area contributed by atoms with E-state index >= 15 is 0 Å². The van der Waals surface area contributed by atoms with Crippen molar-refractivity contribution in [1.29, 1.82) is 0 Å². The Morgan fingerprint density at radius 2 is 2.00 bits per heavy atom. The van der Waals surface area contributed by atoms with E-state index in [0.717, 1.165) is 6.54 Å². The number of rotatable bonds is 4. The lowest BCUT2D eigenvalue weighted by Gasteiger charge is -2.32.